The summed E-state index contributed by atoms with van der Waals surface area (Å²) in [4.78, 5) is 16.1. The molecule has 0 aliphatic rings. The van der Waals surface area contributed by atoms with E-state index in [2.05, 4.69) is 11.1 Å². The van der Waals surface area contributed by atoms with E-state index in [1.165, 1.54) is 18.4 Å². The molecule has 3 rings (SSSR count). The van der Waals surface area contributed by atoms with Crippen LogP contribution in [-0.4, -0.2) is 18.1 Å². The number of nitrogens with zero attached hydrogens (tertiary/aromatic N) is 2. The number of ether oxygens (including phenoxy) is 2. The lowest BCUT2D eigenvalue weighted by atomic mass is 10.1. The first kappa shape index (κ1) is 16.0. The van der Waals surface area contributed by atoms with Crippen molar-refractivity contribution in [3.05, 3.63) is 58.1 Å². The van der Waals surface area contributed by atoms with Gasteiger partial charge in [-0.15, -0.1) is 11.3 Å². The first-order valence-electron chi connectivity index (χ1n) is 7.22. The van der Waals surface area contributed by atoms with E-state index in [1.54, 1.807) is 24.3 Å². The van der Waals surface area contributed by atoms with Crippen molar-refractivity contribution in [2.75, 3.05) is 7.11 Å². The molecular weight excluding hydrogens is 324 g/mol. The quantitative estimate of drug-likeness (QED) is 0.676. The van der Waals surface area contributed by atoms with Crippen molar-refractivity contribution in [3.8, 4) is 11.8 Å². The first-order chi connectivity index (χ1) is 11.6. The van der Waals surface area contributed by atoms with E-state index in [0.717, 1.165) is 20.8 Å². The van der Waals surface area contributed by atoms with Crippen molar-refractivity contribution in [2.24, 2.45) is 0 Å². The Morgan fingerprint density at radius 3 is 2.88 bits per heavy atom. The number of carbonyl (C=O) groups excluding carboxylic acids is 1. The molecule has 3 aromatic rings. The molecule has 0 N–H and O–H groups in total. The minimum atomic E-state index is -0.388. The number of nitriles is 1. The van der Waals surface area contributed by atoms with Crippen LogP contribution in [-0.2, 0) is 11.3 Å². The molecule has 0 aliphatic carbocycles. The van der Waals surface area contributed by atoms with Gasteiger partial charge in [0, 0.05) is 0 Å². The zero-order valence-electron chi connectivity index (χ0n) is 13.2. The molecule has 0 saturated carbocycles. The lowest BCUT2D eigenvalue weighted by Gasteiger charge is -2.06. The van der Waals surface area contributed by atoms with Gasteiger partial charge in [-0.3, -0.25) is 0 Å². The van der Waals surface area contributed by atoms with E-state index in [4.69, 9.17) is 9.47 Å². The summed E-state index contributed by atoms with van der Waals surface area (Å²) in [6, 6.07) is 12.9. The van der Waals surface area contributed by atoms with Gasteiger partial charge in [0.15, 0.2) is 0 Å². The summed E-state index contributed by atoms with van der Waals surface area (Å²) in [6.07, 6.45) is 0. The zero-order chi connectivity index (χ0) is 17.1. The largest absolute Gasteiger partial charge is 0.485 e. The fourth-order valence-electron chi connectivity index (χ4n) is 2.28. The number of esters is 1. The van der Waals surface area contributed by atoms with Gasteiger partial charge >= 0.3 is 5.97 Å². The SMILES string of the molecule is COC(=O)c1ccc2sc(COc3ccc(C)cc3C#N)nc2c1. The molecule has 1 heterocycles. The Balaban J connectivity index is 1.81. The third-order valence-electron chi connectivity index (χ3n) is 3.46. The van der Waals surface area contributed by atoms with Crippen LogP contribution in [0.15, 0.2) is 36.4 Å². The van der Waals surface area contributed by atoms with E-state index in [-0.39, 0.29) is 12.6 Å². The average Bonchev–Trinajstić information content (AvgIpc) is 3.01. The van der Waals surface area contributed by atoms with Gasteiger partial charge in [0.2, 0.25) is 0 Å². The molecule has 0 saturated heterocycles. The second-order valence-corrected chi connectivity index (χ2v) is 6.30. The molecule has 0 radical (unpaired) electrons. The predicted molar refractivity (Wildman–Crippen MR) is 91.2 cm³/mol. The molecule has 6 heteroatoms. The summed E-state index contributed by atoms with van der Waals surface area (Å²) in [5.41, 5.74) is 2.71. The summed E-state index contributed by atoms with van der Waals surface area (Å²) in [6.45, 7) is 2.20. The highest BCUT2D eigenvalue weighted by molar-refractivity contribution is 7.18. The molecule has 0 amide bonds. The highest BCUT2D eigenvalue weighted by Gasteiger charge is 2.11. The Bertz CT molecular complexity index is 957. The van der Waals surface area contributed by atoms with Crippen LogP contribution in [0.25, 0.3) is 10.2 Å². The summed E-state index contributed by atoms with van der Waals surface area (Å²) in [5, 5.41) is 9.95. The molecule has 1 aromatic heterocycles. The van der Waals surface area contributed by atoms with Crippen molar-refractivity contribution in [1.82, 2.24) is 4.98 Å². The molecule has 0 bridgehead atoms. The highest BCUT2D eigenvalue weighted by atomic mass is 32.1. The number of carbonyl (C=O) groups is 1. The van der Waals surface area contributed by atoms with Crippen molar-refractivity contribution in [1.29, 1.82) is 5.26 Å². The maximum Gasteiger partial charge on any atom is 0.337 e. The molecule has 5 nitrogen and oxygen atoms in total. The van der Waals surface area contributed by atoms with E-state index in [9.17, 15) is 10.1 Å². The predicted octanol–water partition coefficient (Wildman–Crippen LogP) is 3.84. The van der Waals surface area contributed by atoms with Gasteiger partial charge in [0.1, 0.15) is 23.4 Å². The van der Waals surface area contributed by atoms with Crippen molar-refractivity contribution in [2.45, 2.75) is 13.5 Å². The van der Waals surface area contributed by atoms with Gasteiger partial charge in [-0.05, 0) is 42.8 Å². The number of hydrogen-bond acceptors (Lipinski definition) is 6. The number of hydrogen-bond donors (Lipinski definition) is 0. The minimum absolute atomic E-state index is 0.268. The summed E-state index contributed by atoms with van der Waals surface area (Å²) < 4.78 is 11.4. The molecule has 0 aliphatic heterocycles. The van der Waals surface area contributed by atoms with E-state index in [0.29, 0.717) is 16.9 Å². The molecule has 2 aromatic carbocycles. The Kier molecular flexibility index (Phi) is 4.45. The number of thiazole rings is 1. The Morgan fingerprint density at radius 1 is 1.29 bits per heavy atom. The second-order valence-electron chi connectivity index (χ2n) is 5.18. The molecule has 0 spiro atoms. The third-order valence-corrected chi connectivity index (χ3v) is 4.47. The fourth-order valence-corrected chi connectivity index (χ4v) is 3.14. The van der Waals surface area contributed by atoms with Crippen LogP contribution in [0.5, 0.6) is 5.75 Å². The first-order valence-corrected chi connectivity index (χ1v) is 8.03. The molecule has 0 fully saturated rings. The van der Waals surface area contributed by atoms with Gasteiger partial charge in [0.25, 0.3) is 0 Å². The van der Waals surface area contributed by atoms with Gasteiger partial charge < -0.3 is 9.47 Å². The van der Waals surface area contributed by atoms with E-state index >= 15 is 0 Å². The number of fused-ring (bicyclic) bond motifs is 1. The van der Waals surface area contributed by atoms with Gasteiger partial charge in [-0.25, -0.2) is 9.78 Å². The normalized spacial score (nSPS) is 10.4. The van der Waals surface area contributed by atoms with Crippen molar-refractivity contribution in [3.63, 3.8) is 0 Å². The van der Waals surface area contributed by atoms with Gasteiger partial charge in [-0.2, -0.15) is 5.26 Å². The monoisotopic (exact) mass is 338 g/mol. The van der Waals surface area contributed by atoms with E-state index < -0.39 is 0 Å². The van der Waals surface area contributed by atoms with Gasteiger partial charge in [-0.1, -0.05) is 6.07 Å². The van der Waals surface area contributed by atoms with E-state index in [1.807, 2.05) is 19.1 Å². The Morgan fingerprint density at radius 2 is 2.12 bits per heavy atom. The van der Waals surface area contributed by atoms with Gasteiger partial charge in [0.05, 0.1) is 28.5 Å². The van der Waals surface area contributed by atoms with Crippen LogP contribution >= 0.6 is 11.3 Å². The standard InChI is InChI=1S/C18H14N2O3S/c1-11-3-5-15(13(7-11)9-19)23-10-17-20-14-8-12(18(21)22-2)4-6-16(14)24-17/h3-8H,10H2,1-2H3. The molecule has 0 unspecified atom stereocenters. The maximum atomic E-state index is 11.6. The minimum Gasteiger partial charge on any atom is -0.485 e. The number of rotatable bonds is 4. The molecular formula is C18H14N2O3S. The highest BCUT2D eigenvalue weighted by Crippen LogP contribution is 2.26. The van der Waals surface area contributed by atoms with Crippen LogP contribution in [0.2, 0.25) is 0 Å². The second kappa shape index (κ2) is 6.69. The van der Waals surface area contributed by atoms with Crippen LogP contribution < -0.4 is 4.74 Å². The van der Waals surface area contributed by atoms with Crippen LogP contribution in [0.4, 0.5) is 0 Å². The number of benzene rings is 2. The number of aryl methyl sites for hydroxylation is 1. The Hall–Kier alpha value is -2.91. The summed E-state index contributed by atoms with van der Waals surface area (Å²) in [5.74, 6) is 0.152. The van der Waals surface area contributed by atoms with Crippen LogP contribution in [0, 0.1) is 18.3 Å². The number of aromatic nitrogens is 1. The lowest BCUT2D eigenvalue weighted by Crippen LogP contribution is -2.00. The van der Waals surface area contributed by atoms with Crippen LogP contribution in [0.1, 0.15) is 26.5 Å². The average molecular weight is 338 g/mol. The molecule has 120 valence electrons. The topological polar surface area (TPSA) is 72.2 Å². The third kappa shape index (κ3) is 3.21. The summed E-state index contributed by atoms with van der Waals surface area (Å²) in [7, 11) is 1.35. The lowest BCUT2D eigenvalue weighted by molar-refractivity contribution is 0.0601. The van der Waals surface area contributed by atoms with Crippen molar-refractivity contribution >= 4 is 27.5 Å². The Labute approximate surface area is 143 Å². The fraction of sp³-hybridized carbons (Fsp3) is 0.167. The van der Waals surface area contributed by atoms with Crippen LogP contribution in [0.3, 0.4) is 0 Å². The molecule has 0 atom stereocenters. The van der Waals surface area contributed by atoms with Crippen molar-refractivity contribution < 1.29 is 14.3 Å². The smallest absolute Gasteiger partial charge is 0.337 e. The summed E-state index contributed by atoms with van der Waals surface area (Å²) >= 11 is 1.49. The number of methoxy groups -OCH3 is 1. The maximum absolute atomic E-state index is 11.6. The molecule has 24 heavy (non-hydrogen) atoms. The zero-order valence-corrected chi connectivity index (χ0v) is 14.0.